The molecule has 3 aromatic heterocycles. The van der Waals surface area contributed by atoms with Crippen LogP contribution in [0, 0.1) is 11.8 Å². The topological polar surface area (TPSA) is 146 Å². The molecule has 0 unspecified atom stereocenters. The van der Waals surface area contributed by atoms with Gasteiger partial charge in [-0.15, -0.1) is 0 Å². The van der Waals surface area contributed by atoms with Gasteiger partial charge in [0.25, 0.3) is 5.91 Å². The average molecular weight is 652 g/mol. The molecule has 3 aliphatic rings. The van der Waals surface area contributed by atoms with Crippen LogP contribution in [0.25, 0.3) is 22.2 Å². The number of rotatable bonds is 8. The number of hydrogen-bond donors (Lipinski definition) is 1. The van der Waals surface area contributed by atoms with E-state index in [9.17, 15) is 23.2 Å². The largest absolute Gasteiger partial charge is 0.482 e. The van der Waals surface area contributed by atoms with Crippen molar-refractivity contribution >= 4 is 46.2 Å². The number of halogens is 3. The molecule has 0 atom stereocenters. The summed E-state index contributed by atoms with van der Waals surface area (Å²) in [6, 6.07) is 7.58. The van der Waals surface area contributed by atoms with E-state index >= 15 is 0 Å². The van der Waals surface area contributed by atoms with Gasteiger partial charge in [-0.3, -0.25) is 19.5 Å². The highest BCUT2D eigenvalue weighted by Crippen LogP contribution is 2.45. The number of alkyl halides is 2. The first-order chi connectivity index (χ1) is 22.0. The van der Waals surface area contributed by atoms with Crippen molar-refractivity contribution in [3.05, 3.63) is 64.7 Å². The number of nitrogens with two attached hydrogens (primary N) is 1. The van der Waals surface area contributed by atoms with Crippen molar-refractivity contribution < 1.29 is 32.6 Å². The van der Waals surface area contributed by atoms with E-state index in [4.69, 9.17) is 31.8 Å². The van der Waals surface area contributed by atoms with Crippen LogP contribution in [0.5, 0.6) is 5.75 Å². The van der Waals surface area contributed by atoms with E-state index in [0.29, 0.717) is 70.5 Å². The third-order valence-corrected chi connectivity index (χ3v) is 8.71. The molecule has 5 heterocycles. The second-order valence-corrected chi connectivity index (χ2v) is 12.2. The number of hydrogen-bond acceptors (Lipinski definition) is 8. The van der Waals surface area contributed by atoms with Crippen LogP contribution in [-0.2, 0) is 29.0 Å². The van der Waals surface area contributed by atoms with Crippen LogP contribution < -0.4 is 15.4 Å². The number of fused-ring (bicyclic) bond motifs is 2. The van der Waals surface area contributed by atoms with Gasteiger partial charge in [-0.2, -0.15) is 13.9 Å². The van der Waals surface area contributed by atoms with E-state index in [-0.39, 0.29) is 29.5 Å². The molecule has 2 aliphatic heterocycles. The number of anilines is 1. The fraction of sp³-hybridized carbons (Fsp3) is 0.355. The van der Waals surface area contributed by atoms with Gasteiger partial charge >= 0.3 is 18.1 Å². The van der Waals surface area contributed by atoms with Crippen LogP contribution in [-0.4, -0.2) is 68.9 Å². The van der Waals surface area contributed by atoms with Gasteiger partial charge in [0.2, 0.25) is 0 Å². The first kappa shape index (κ1) is 29.8. The minimum Gasteiger partial charge on any atom is -0.453 e. The summed E-state index contributed by atoms with van der Waals surface area (Å²) in [6.45, 7) is 1.19. The molecule has 46 heavy (non-hydrogen) atoms. The van der Waals surface area contributed by atoms with Gasteiger partial charge < -0.3 is 20.1 Å². The van der Waals surface area contributed by atoms with Crippen molar-refractivity contribution in [2.24, 2.45) is 17.6 Å². The molecule has 0 radical (unpaired) electrons. The summed E-state index contributed by atoms with van der Waals surface area (Å²) >= 11 is 5.92. The monoisotopic (exact) mass is 651 g/mol. The van der Waals surface area contributed by atoms with E-state index in [1.54, 1.807) is 34.0 Å². The summed E-state index contributed by atoms with van der Waals surface area (Å²) in [5.74, 6) is -2.06. The van der Waals surface area contributed by atoms with E-state index in [0.717, 1.165) is 17.7 Å². The predicted octanol–water partition coefficient (Wildman–Crippen LogP) is 4.41. The smallest absolute Gasteiger partial charge is 0.453 e. The standard InChI is InChI=1S/C31H28ClF2N7O5/c1-45-30(44)39-12-17(13-39)14-41-28-21(11-37-41)25(26(27(35)42)22(38-28)8-16-2-3-16)18-4-7-23-24(9-18)46-31(33,34)29(43)40(23)15-20-6-5-19(32)10-36-20/h4-7,9-11,16-17H,2-3,8,12-15H2,1H3,(H2,35,42). The Morgan fingerprint density at radius 3 is 2.61 bits per heavy atom. The minimum atomic E-state index is -4.15. The Balaban J connectivity index is 1.31. The van der Waals surface area contributed by atoms with Crippen LogP contribution >= 0.6 is 11.6 Å². The molecule has 2 fully saturated rings. The quantitative estimate of drug-likeness (QED) is 0.295. The van der Waals surface area contributed by atoms with Gasteiger partial charge in [-0.05, 0) is 55.0 Å². The summed E-state index contributed by atoms with van der Waals surface area (Å²) in [5.41, 5.74) is 8.35. The highest BCUT2D eigenvalue weighted by atomic mass is 35.5. The fourth-order valence-corrected chi connectivity index (χ4v) is 6.14. The lowest BCUT2D eigenvalue weighted by Crippen LogP contribution is -2.51. The van der Waals surface area contributed by atoms with Crippen LogP contribution in [0.3, 0.4) is 0 Å². The molecule has 0 bridgehead atoms. The lowest BCUT2D eigenvalue weighted by atomic mass is 9.93. The van der Waals surface area contributed by atoms with Crippen LogP contribution in [0.1, 0.15) is 34.6 Å². The summed E-state index contributed by atoms with van der Waals surface area (Å²) in [6.07, 6.45) is 0.882. The normalized spacial score (nSPS) is 17.4. The molecule has 4 aromatic rings. The van der Waals surface area contributed by atoms with Gasteiger partial charge in [0.05, 0.1) is 47.5 Å². The molecule has 2 N–H and O–H groups in total. The SMILES string of the molecule is COC(=O)N1CC(Cn2ncc3c(-c4ccc5c(c4)OC(F)(F)C(=O)N5Cc4ccc(Cl)cn4)c(C(N)=O)c(CC4CC4)nc32)C1. The number of aromatic nitrogens is 4. The molecule has 1 saturated heterocycles. The van der Waals surface area contributed by atoms with Crippen LogP contribution in [0.4, 0.5) is 19.3 Å². The zero-order valence-electron chi connectivity index (χ0n) is 24.6. The Morgan fingerprint density at radius 2 is 1.93 bits per heavy atom. The number of benzene rings is 1. The maximum absolute atomic E-state index is 15.0. The number of likely N-dealkylation sites (tertiary alicyclic amines) is 1. The summed E-state index contributed by atoms with van der Waals surface area (Å²) in [4.78, 5) is 49.1. The number of carbonyl (C=O) groups is 3. The average Bonchev–Trinajstić information content (AvgIpc) is 3.73. The number of primary amides is 1. The molecule has 7 rings (SSSR count). The van der Waals surface area contributed by atoms with Crippen LogP contribution in [0.2, 0.25) is 5.02 Å². The highest BCUT2D eigenvalue weighted by Gasteiger charge is 2.50. The maximum atomic E-state index is 15.0. The second kappa shape index (κ2) is 11.2. The molecule has 1 aromatic carbocycles. The number of methoxy groups -OCH3 is 1. The molecule has 12 nitrogen and oxygen atoms in total. The summed E-state index contributed by atoms with van der Waals surface area (Å²) in [7, 11) is 1.33. The van der Waals surface area contributed by atoms with Crippen molar-refractivity contribution in [2.45, 2.75) is 38.5 Å². The summed E-state index contributed by atoms with van der Waals surface area (Å²) in [5, 5.41) is 5.42. The molecule has 0 spiro atoms. The molecule has 1 saturated carbocycles. The number of carbonyl (C=O) groups excluding carboxylic acids is 3. The van der Waals surface area contributed by atoms with Gasteiger partial charge in [0.15, 0.2) is 11.4 Å². The van der Waals surface area contributed by atoms with Gasteiger partial charge in [-0.25, -0.2) is 14.5 Å². The first-order valence-electron chi connectivity index (χ1n) is 14.7. The number of ether oxygens (including phenoxy) is 2. The Labute approximate surface area is 266 Å². The van der Waals surface area contributed by atoms with E-state index in [2.05, 4.69) is 10.1 Å². The van der Waals surface area contributed by atoms with Gasteiger partial charge in [0.1, 0.15) is 0 Å². The molecular formula is C31H28ClF2N7O5. The summed E-state index contributed by atoms with van der Waals surface area (Å²) < 4.78 is 41.4. The zero-order chi connectivity index (χ0) is 32.3. The molecule has 3 amide bonds. The lowest BCUT2D eigenvalue weighted by molar-refractivity contribution is -0.193. The van der Waals surface area contributed by atoms with Crippen LogP contribution in [0.15, 0.2) is 42.7 Å². The fourth-order valence-electron chi connectivity index (χ4n) is 6.03. The number of nitrogens with zero attached hydrogens (tertiary/aromatic N) is 6. The van der Waals surface area contributed by atoms with Crippen molar-refractivity contribution in [3.8, 4) is 16.9 Å². The van der Waals surface area contributed by atoms with E-state index in [1.165, 1.54) is 25.4 Å². The lowest BCUT2D eigenvalue weighted by Gasteiger charge is -2.37. The van der Waals surface area contributed by atoms with Gasteiger partial charge in [-0.1, -0.05) is 17.7 Å². The zero-order valence-corrected chi connectivity index (χ0v) is 25.3. The van der Waals surface area contributed by atoms with Gasteiger partial charge in [0, 0.05) is 42.7 Å². The molecular weight excluding hydrogens is 624 g/mol. The highest BCUT2D eigenvalue weighted by molar-refractivity contribution is 6.30. The van der Waals surface area contributed by atoms with E-state index < -0.39 is 24.0 Å². The second-order valence-electron chi connectivity index (χ2n) is 11.8. The molecule has 1 aliphatic carbocycles. The van der Waals surface area contributed by atoms with Crippen molar-refractivity contribution in [1.29, 1.82) is 0 Å². The number of pyridine rings is 2. The third-order valence-electron chi connectivity index (χ3n) is 8.49. The molecule has 15 heteroatoms. The number of amides is 3. The third kappa shape index (κ3) is 5.36. The van der Waals surface area contributed by atoms with Crippen molar-refractivity contribution in [1.82, 2.24) is 24.6 Å². The predicted molar refractivity (Wildman–Crippen MR) is 161 cm³/mol. The maximum Gasteiger partial charge on any atom is 0.482 e. The van der Waals surface area contributed by atoms with E-state index in [1.807, 2.05) is 0 Å². The van der Waals surface area contributed by atoms with Crippen molar-refractivity contribution in [2.75, 3.05) is 25.1 Å². The minimum absolute atomic E-state index is 0.105. The first-order valence-corrected chi connectivity index (χ1v) is 15.0. The Kier molecular flexibility index (Phi) is 7.26. The Morgan fingerprint density at radius 1 is 1.15 bits per heavy atom. The Bertz CT molecular complexity index is 1890. The Hall–Kier alpha value is -4.85. The van der Waals surface area contributed by atoms with Crippen molar-refractivity contribution in [3.63, 3.8) is 0 Å². The molecule has 238 valence electrons.